The molecule has 0 amide bonds. The van der Waals surface area contributed by atoms with Crippen molar-refractivity contribution in [2.24, 2.45) is 10.9 Å². The fraction of sp³-hybridized carbons (Fsp3) is 0.625. The van der Waals surface area contributed by atoms with Crippen LogP contribution >= 0.6 is 12.2 Å². The summed E-state index contributed by atoms with van der Waals surface area (Å²) in [5, 5.41) is 9.39. The number of thiocarbonyl (C=S) groups is 1. The van der Waals surface area contributed by atoms with E-state index in [0.717, 1.165) is 0 Å². The zero-order chi connectivity index (χ0) is 10.2. The molecule has 0 saturated carbocycles. The monoisotopic (exact) mass is 200 g/mol. The molecule has 5 heteroatoms. The van der Waals surface area contributed by atoms with Crippen molar-refractivity contribution in [3.8, 4) is 0 Å². The van der Waals surface area contributed by atoms with Crippen LogP contribution in [0.2, 0.25) is 0 Å². The van der Waals surface area contributed by atoms with Crippen LogP contribution in [0.3, 0.4) is 0 Å². The SMILES string of the molecule is CC1=NC(=S)N(C)C(C)C1C(=O)O. The second-order valence-electron chi connectivity index (χ2n) is 3.20. The number of aliphatic carboxylic acids is 1. The average Bonchev–Trinajstić information content (AvgIpc) is 1.99. The Morgan fingerprint density at radius 1 is 1.69 bits per heavy atom. The lowest BCUT2D eigenvalue weighted by atomic mass is 9.94. The Morgan fingerprint density at radius 2 is 2.23 bits per heavy atom. The lowest BCUT2D eigenvalue weighted by Crippen LogP contribution is -2.48. The zero-order valence-corrected chi connectivity index (χ0v) is 8.63. The van der Waals surface area contributed by atoms with E-state index in [1.54, 1.807) is 18.9 Å². The zero-order valence-electron chi connectivity index (χ0n) is 7.81. The van der Waals surface area contributed by atoms with Gasteiger partial charge in [0, 0.05) is 18.8 Å². The molecule has 2 unspecified atom stereocenters. The van der Waals surface area contributed by atoms with Gasteiger partial charge in [-0.25, -0.2) is 4.99 Å². The van der Waals surface area contributed by atoms with E-state index >= 15 is 0 Å². The van der Waals surface area contributed by atoms with Gasteiger partial charge in [0.2, 0.25) is 0 Å². The van der Waals surface area contributed by atoms with Crippen molar-refractivity contribution >= 4 is 29.0 Å². The van der Waals surface area contributed by atoms with Gasteiger partial charge in [-0.3, -0.25) is 4.79 Å². The molecular formula is C8H12N2O2S. The van der Waals surface area contributed by atoms with E-state index in [4.69, 9.17) is 17.3 Å². The number of hydrogen-bond acceptors (Lipinski definition) is 2. The van der Waals surface area contributed by atoms with Crippen LogP contribution in [0.4, 0.5) is 0 Å². The van der Waals surface area contributed by atoms with E-state index in [9.17, 15) is 4.79 Å². The maximum absolute atomic E-state index is 10.9. The summed E-state index contributed by atoms with van der Waals surface area (Å²) in [5.74, 6) is -1.39. The topological polar surface area (TPSA) is 52.9 Å². The van der Waals surface area contributed by atoms with Crippen LogP contribution in [0.25, 0.3) is 0 Å². The normalized spacial score (nSPS) is 28.7. The third-order valence-corrected chi connectivity index (χ3v) is 2.76. The van der Waals surface area contributed by atoms with Crippen LogP contribution in [0.5, 0.6) is 0 Å². The average molecular weight is 200 g/mol. The van der Waals surface area contributed by atoms with Crippen LogP contribution in [0.1, 0.15) is 13.8 Å². The Hall–Kier alpha value is -0.970. The Balaban J connectivity index is 3.04. The molecule has 72 valence electrons. The highest BCUT2D eigenvalue weighted by atomic mass is 32.1. The number of hydrogen-bond donors (Lipinski definition) is 1. The molecule has 1 rings (SSSR count). The van der Waals surface area contributed by atoms with Gasteiger partial charge in [-0.15, -0.1) is 0 Å². The lowest BCUT2D eigenvalue weighted by molar-refractivity contribution is -0.140. The van der Waals surface area contributed by atoms with Crippen LogP contribution in [-0.4, -0.2) is 39.9 Å². The maximum Gasteiger partial charge on any atom is 0.314 e. The largest absolute Gasteiger partial charge is 0.481 e. The van der Waals surface area contributed by atoms with Crippen LogP contribution in [-0.2, 0) is 4.79 Å². The molecular weight excluding hydrogens is 188 g/mol. The molecule has 0 radical (unpaired) electrons. The highest BCUT2D eigenvalue weighted by molar-refractivity contribution is 7.80. The highest BCUT2D eigenvalue weighted by Crippen LogP contribution is 2.18. The quantitative estimate of drug-likeness (QED) is 0.635. The molecule has 0 aliphatic carbocycles. The van der Waals surface area contributed by atoms with E-state index in [2.05, 4.69) is 4.99 Å². The molecule has 1 aliphatic rings. The van der Waals surface area contributed by atoms with Crippen LogP contribution < -0.4 is 0 Å². The van der Waals surface area contributed by atoms with Crippen molar-refractivity contribution in [1.29, 1.82) is 0 Å². The van der Waals surface area contributed by atoms with Crippen molar-refractivity contribution in [2.75, 3.05) is 7.05 Å². The van der Waals surface area contributed by atoms with E-state index < -0.39 is 11.9 Å². The van der Waals surface area contributed by atoms with Crippen molar-refractivity contribution in [3.05, 3.63) is 0 Å². The molecule has 0 spiro atoms. The number of carboxylic acids is 1. The van der Waals surface area contributed by atoms with Crippen molar-refractivity contribution in [3.63, 3.8) is 0 Å². The van der Waals surface area contributed by atoms with Gasteiger partial charge in [-0.2, -0.15) is 0 Å². The molecule has 0 bridgehead atoms. The highest BCUT2D eigenvalue weighted by Gasteiger charge is 2.34. The van der Waals surface area contributed by atoms with Gasteiger partial charge in [-0.1, -0.05) is 0 Å². The molecule has 13 heavy (non-hydrogen) atoms. The predicted octanol–water partition coefficient (Wildman–Crippen LogP) is 0.767. The lowest BCUT2D eigenvalue weighted by Gasteiger charge is -2.34. The first kappa shape index (κ1) is 10.1. The predicted molar refractivity (Wildman–Crippen MR) is 54.1 cm³/mol. The van der Waals surface area contributed by atoms with Crippen molar-refractivity contribution < 1.29 is 9.90 Å². The molecule has 2 atom stereocenters. The van der Waals surface area contributed by atoms with Gasteiger partial charge in [0.15, 0.2) is 5.11 Å². The van der Waals surface area contributed by atoms with E-state index in [1.807, 2.05) is 6.92 Å². The molecule has 0 aromatic carbocycles. The Kier molecular flexibility index (Phi) is 2.66. The minimum Gasteiger partial charge on any atom is -0.481 e. The standard InChI is InChI=1S/C8H12N2O2S/c1-4-6(7(11)12)5(2)10(3)8(13)9-4/h5-6H,1-3H3,(H,11,12). The first-order valence-electron chi connectivity index (χ1n) is 4.00. The third-order valence-electron chi connectivity index (χ3n) is 2.38. The molecule has 1 aliphatic heterocycles. The van der Waals surface area contributed by atoms with Gasteiger partial charge in [0.1, 0.15) is 5.92 Å². The van der Waals surface area contributed by atoms with Gasteiger partial charge >= 0.3 is 5.97 Å². The molecule has 1 heterocycles. The Labute approximate surface area is 82.3 Å². The smallest absolute Gasteiger partial charge is 0.314 e. The summed E-state index contributed by atoms with van der Waals surface area (Å²) in [6, 6.07) is -0.123. The summed E-state index contributed by atoms with van der Waals surface area (Å²) in [7, 11) is 1.76. The number of carbonyl (C=O) groups is 1. The number of aliphatic imine (C=N–C) groups is 1. The van der Waals surface area contributed by atoms with Gasteiger partial charge in [0.25, 0.3) is 0 Å². The third kappa shape index (κ3) is 1.70. The minimum absolute atomic E-state index is 0.123. The fourth-order valence-corrected chi connectivity index (χ4v) is 1.74. The fourth-order valence-electron chi connectivity index (χ4n) is 1.43. The summed E-state index contributed by atoms with van der Waals surface area (Å²) < 4.78 is 0. The second-order valence-corrected chi connectivity index (χ2v) is 3.57. The van der Waals surface area contributed by atoms with E-state index in [0.29, 0.717) is 10.8 Å². The minimum atomic E-state index is -0.844. The van der Waals surface area contributed by atoms with Gasteiger partial charge in [0.05, 0.1) is 0 Å². The molecule has 0 saturated heterocycles. The first-order chi connectivity index (χ1) is 5.95. The summed E-state index contributed by atoms with van der Waals surface area (Å²) in [6.45, 7) is 3.54. The maximum atomic E-state index is 10.9. The number of nitrogens with zero attached hydrogens (tertiary/aromatic N) is 2. The number of carboxylic acid groups (broad SMARTS) is 1. The Bertz CT molecular complexity index is 288. The summed E-state index contributed by atoms with van der Waals surface area (Å²) >= 11 is 4.97. The Morgan fingerprint density at radius 3 is 2.69 bits per heavy atom. The summed E-state index contributed by atoms with van der Waals surface area (Å²) in [6.07, 6.45) is 0. The molecule has 0 aromatic heterocycles. The van der Waals surface area contributed by atoms with Crippen molar-refractivity contribution in [1.82, 2.24) is 4.90 Å². The van der Waals surface area contributed by atoms with E-state index in [1.165, 1.54) is 0 Å². The van der Waals surface area contributed by atoms with Gasteiger partial charge < -0.3 is 10.0 Å². The second kappa shape index (κ2) is 3.41. The van der Waals surface area contributed by atoms with Gasteiger partial charge in [-0.05, 0) is 26.1 Å². The van der Waals surface area contributed by atoms with Crippen LogP contribution in [0.15, 0.2) is 4.99 Å². The molecule has 0 aromatic rings. The number of rotatable bonds is 1. The van der Waals surface area contributed by atoms with Crippen molar-refractivity contribution in [2.45, 2.75) is 19.9 Å². The molecule has 0 fully saturated rings. The van der Waals surface area contributed by atoms with Crippen LogP contribution in [0, 0.1) is 5.92 Å². The van der Waals surface area contributed by atoms with E-state index in [-0.39, 0.29) is 6.04 Å². The molecule has 1 N–H and O–H groups in total. The first-order valence-corrected chi connectivity index (χ1v) is 4.40. The summed E-state index contributed by atoms with van der Waals surface area (Å²) in [5.41, 5.74) is 0.586. The summed E-state index contributed by atoms with van der Waals surface area (Å²) in [4.78, 5) is 16.6. The molecule has 4 nitrogen and oxygen atoms in total.